The minimum Gasteiger partial charge on any atom is -0.465 e. The molecule has 1 heterocycles. The second-order valence-corrected chi connectivity index (χ2v) is 9.15. The van der Waals surface area contributed by atoms with Crippen LogP contribution in [0.25, 0.3) is 0 Å². The molecule has 1 saturated heterocycles. The van der Waals surface area contributed by atoms with E-state index in [-0.39, 0.29) is 40.7 Å². The first kappa shape index (κ1) is 14.9. The maximum atomic E-state index is 13.3. The summed E-state index contributed by atoms with van der Waals surface area (Å²) in [6, 6.07) is 0. The Balaban J connectivity index is 1.74. The summed E-state index contributed by atoms with van der Waals surface area (Å²) in [6.07, 6.45) is 5.37. The first-order valence-electron chi connectivity index (χ1n) is 9.30. The molecule has 6 atom stereocenters. The van der Waals surface area contributed by atoms with Crippen molar-refractivity contribution in [3.63, 3.8) is 0 Å². The molecule has 6 aliphatic rings. The van der Waals surface area contributed by atoms with E-state index in [9.17, 15) is 14.4 Å². The number of esters is 1. The fourth-order valence-electron chi connectivity index (χ4n) is 7.24. The number of carbonyl (C=O) groups is 3. The van der Waals surface area contributed by atoms with Crippen molar-refractivity contribution >= 4 is 17.5 Å². The summed E-state index contributed by atoms with van der Waals surface area (Å²) in [5.41, 5.74) is -1.07. The van der Waals surface area contributed by atoms with E-state index in [0.29, 0.717) is 25.0 Å². The standard InChI is InChI=1S/C20H24O4/c1-11-12-4-7-20(16(11)22)14(8-12)19-6-3-5-18(2,10-24-17(19)23)13(19)9-15(20)21/h12-14H,1,3-10H2,2H3/t12-,13?,14?,18-,19?,20+/m0/s1. The highest BCUT2D eigenvalue weighted by molar-refractivity contribution is 6.17. The van der Waals surface area contributed by atoms with Crippen molar-refractivity contribution in [2.75, 3.05) is 6.61 Å². The van der Waals surface area contributed by atoms with Gasteiger partial charge in [-0.15, -0.1) is 0 Å². The van der Waals surface area contributed by atoms with E-state index < -0.39 is 10.8 Å². The van der Waals surface area contributed by atoms with Crippen molar-refractivity contribution in [2.24, 2.45) is 34.0 Å². The van der Waals surface area contributed by atoms with Gasteiger partial charge in [0.2, 0.25) is 0 Å². The van der Waals surface area contributed by atoms with Crippen LogP contribution in [0, 0.1) is 34.0 Å². The van der Waals surface area contributed by atoms with Gasteiger partial charge in [0.1, 0.15) is 5.78 Å². The van der Waals surface area contributed by atoms with Crippen molar-refractivity contribution in [1.82, 2.24) is 0 Å². The lowest BCUT2D eigenvalue weighted by Crippen LogP contribution is -2.71. The zero-order valence-electron chi connectivity index (χ0n) is 14.2. The second-order valence-electron chi connectivity index (χ2n) is 9.15. The van der Waals surface area contributed by atoms with E-state index in [1.165, 1.54) is 0 Å². The van der Waals surface area contributed by atoms with E-state index in [0.717, 1.165) is 32.1 Å². The lowest BCUT2D eigenvalue weighted by atomic mass is 9.35. The number of carbonyl (C=O) groups excluding carboxylic acids is 3. The zero-order valence-corrected chi connectivity index (χ0v) is 14.2. The third-order valence-electron chi connectivity index (χ3n) is 8.42. The monoisotopic (exact) mass is 328 g/mol. The van der Waals surface area contributed by atoms with Gasteiger partial charge in [-0.1, -0.05) is 19.9 Å². The highest BCUT2D eigenvalue weighted by atomic mass is 16.5. The van der Waals surface area contributed by atoms with Crippen LogP contribution in [-0.2, 0) is 19.1 Å². The van der Waals surface area contributed by atoms with Gasteiger partial charge in [0, 0.05) is 11.8 Å². The SMILES string of the molecule is C=C1C(=O)[C@]23CC[C@H]1CC2C12CCC[C@@](C)(COC1=O)C2CC3=O. The molecule has 1 spiro atoms. The Morgan fingerprint density at radius 2 is 1.92 bits per heavy atom. The van der Waals surface area contributed by atoms with Crippen LogP contribution in [-0.4, -0.2) is 24.1 Å². The third-order valence-corrected chi connectivity index (χ3v) is 8.42. The Hall–Kier alpha value is -1.45. The van der Waals surface area contributed by atoms with Crippen LogP contribution in [0.1, 0.15) is 51.9 Å². The largest absolute Gasteiger partial charge is 0.465 e. The smallest absolute Gasteiger partial charge is 0.312 e. The number of hydrogen-bond acceptors (Lipinski definition) is 4. The molecule has 0 N–H and O–H groups in total. The topological polar surface area (TPSA) is 60.4 Å². The average Bonchev–Trinajstić information content (AvgIpc) is 2.57. The number of allylic oxidation sites excluding steroid dienone is 1. The Bertz CT molecular complexity index is 708. The van der Waals surface area contributed by atoms with E-state index in [1.807, 2.05) is 0 Å². The summed E-state index contributed by atoms with van der Waals surface area (Å²) < 4.78 is 5.67. The number of cyclic esters (lactones) is 1. The normalized spacial score (nSPS) is 52.6. The van der Waals surface area contributed by atoms with Crippen LogP contribution in [0.3, 0.4) is 0 Å². The minimum absolute atomic E-state index is 0.0449. The third kappa shape index (κ3) is 1.34. The molecule has 128 valence electrons. The summed E-state index contributed by atoms with van der Waals surface area (Å²) in [6.45, 7) is 6.59. The van der Waals surface area contributed by atoms with Gasteiger partial charge in [-0.25, -0.2) is 0 Å². The van der Waals surface area contributed by atoms with Crippen LogP contribution < -0.4 is 0 Å². The second kappa shape index (κ2) is 4.20. The molecule has 6 fully saturated rings. The molecule has 0 radical (unpaired) electrons. The van der Waals surface area contributed by atoms with Crippen molar-refractivity contribution < 1.29 is 19.1 Å². The number of rotatable bonds is 0. The number of Topliss-reactive ketones (excluding diaryl/α,β-unsaturated/α-hetero) is 2. The van der Waals surface area contributed by atoms with Gasteiger partial charge >= 0.3 is 5.97 Å². The number of ether oxygens (including phenoxy) is 1. The fraction of sp³-hybridized carbons (Fsp3) is 0.750. The number of hydrogen-bond donors (Lipinski definition) is 0. The summed E-state index contributed by atoms with van der Waals surface area (Å²) in [5.74, 6) is -0.0802. The maximum absolute atomic E-state index is 13.3. The van der Waals surface area contributed by atoms with E-state index >= 15 is 0 Å². The van der Waals surface area contributed by atoms with Crippen molar-refractivity contribution in [3.8, 4) is 0 Å². The fourth-order valence-corrected chi connectivity index (χ4v) is 7.24. The maximum Gasteiger partial charge on any atom is 0.312 e. The molecule has 4 bridgehead atoms. The Labute approximate surface area is 142 Å². The summed E-state index contributed by atoms with van der Waals surface area (Å²) in [5, 5.41) is 0. The van der Waals surface area contributed by atoms with E-state index in [4.69, 9.17) is 4.74 Å². The highest BCUT2D eigenvalue weighted by Crippen LogP contribution is 2.71. The van der Waals surface area contributed by atoms with Gasteiger partial charge in [-0.3, -0.25) is 14.4 Å². The van der Waals surface area contributed by atoms with Crippen LogP contribution >= 0.6 is 0 Å². The zero-order chi connectivity index (χ0) is 16.9. The number of ketones is 2. The van der Waals surface area contributed by atoms with Gasteiger partial charge < -0.3 is 4.74 Å². The summed E-state index contributed by atoms with van der Waals surface area (Å²) >= 11 is 0. The summed E-state index contributed by atoms with van der Waals surface area (Å²) in [7, 11) is 0. The average molecular weight is 328 g/mol. The summed E-state index contributed by atoms with van der Waals surface area (Å²) in [4.78, 5) is 39.4. The molecule has 6 rings (SSSR count). The Morgan fingerprint density at radius 1 is 1.12 bits per heavy atom. The van der Waals surface area contributed by atoms with Crippen molar-refractivity contribution in [3.05, 3.63) is 12.2 Å². The quantitative estimate of drug-likeness (QED) is 0.390. The van der Waals surface area contributed by atoms with Gasteiger partial charge in [0.25, 0.3) is 0 Å². The molecular formula is C20H24O4. The first-order valence-corrected chi connectivity index (χ1v) is 9.30. The van der Waals surface area contributed by atoms with Crippen LogP contribution in [0.15, 0.2) is 12.2 Å². The van der Waals surface area contributed by atoms with Crippen LogP contribution in [0.5, 0.6) is 0 Å². The van der Waals surface area contributed by atoms with Gasteiger partial charge in [-0.05, 0) is 55.4 Å². The molecule has 0 aromatic rings. The van der Waals surface area contributed by atoms with Crippen LogP contribution in [0.2, 0.25) is 0 Å². The molecule has 0 aromatic carbocycles. The molecule has 1 aliphatic heterocycles. The minimum atomic E-state index is -0.975. The van der Waals surface area contributed by atoms with Gasteiger partial charge in [0.05, 0.1) is 17.4 Å². The lowest BCUT2D eigenvalue weighted by molar-refractivity contribution is -0.230. The molecule has 24 heavy (non-hydrogen) atoms. The van der Waals surface area contributed by atoms with Crippen molar-refractivity contribution in [1.29, 1.82) is 0 Å². The molecule has 5 saturated carbocycles. The molecule has 3 unspecified atom stereocenters. The van der Waals surface area contributed by atoms with Crippen LogP contribution in [0.4, 0.5) is 0 Å². The first-order chi connectivity index (χ1) is 11.4. The van der Waals surface area contributed by atoms with E-state index in [2.05, 4.69) is 13.5 Å². The Kier molecular flexibility index (Phi) is 2.60. The molecular weight excluding hydrogens is 304 g/mol. The highest BCUT2D eigenvalue weighted by Gasteiger charge is 2.75. The lowest BCUT2D eigenvalue weighted by Gasteiger charge is -2.67. The number of fused-ring (bicyclic) bond motifs is 2. The molecule has 0 amide bonds. The molecule has 4 heteroatoms. The van der Waals surface area contributed by atoms with E-state index in [1.54, 1.807) is 0 Å². The molecule has 5 aliphatic carbocycles. The van der Waals surface area contributed by atoms with Gasteiger partial charge in [-0.2, -0.15) is 0 Å². The predicted molar refractivity (Wildman–Crippen MR) is 85.9 cm³/mol. The predicted octanol–water partition coefficient (Wildman–Crippen LogP) is 2.85. The van der Waals surface area contributed by atoms with Gasteiger partial charge in [0.15, 0.2) is 5.78 Å². The Morgan fingerprint density at radius 3 is 2.71 bits per heavy atom. The molecule has 4 nitrogen and oxygen atoms in total. The molecule has 0 aromatic heterocycles. The van der Waals surface area contributed by atoms with Crippen molar-refractivity contribution in [2.45, 2.75) is 51.9 Å².